The summed E-state index contributed by atoms with van der Waals surface area (Å²) in [6, 6.07) is 5.70. The molecule has 1 aliphatic rings. The van der Waals surface area contributed by atoms with Gasteiger partial charge in [0.15, 0.2) is 0 Å². The van der Waals surface area contributed by atoms with E-state index in [0.29, 0.717) is 6.04 Å². The Balaban J connectivity index is 0.00000162. The summed E-state index contributed by atoms with van der Waals surface area (Å²) >= 11 is 5.66. The first-order chi connectivity index (χ1) is 8.19. The molecule has 1 aromatic rings. The lowest BCUT2D eigenvalue weighted by molar-refractivity contribution is 0.194. The molecule has 2 nitrogen and oxygen atoms in total. The van der Waals surface area contributed by atoms with Crippen LogP contribution in [-0.4, -0.2) is 31.1 Å². The van der Waals surface area contributed by atoms with Gasteiger partial charge in [-0.1, -0.05) is 17.7 Å². The maximum absolute atomic E-state index is 13.3. The molecule has 0 unspecified atom stereocenters. The molecule has 18 heavy (non-hydrogen) atoms. The summed E-state index contributed by atoms with van der Waals surface area (Å²) in [5.74, 6) is -0.325. The minimum absolute atomic E-state index is 0. The Labute approximate surface area is 119 Å². The molecule has 1 N–H and O–H groups in total. The Morgan fingerprint density at radius 1 is 1.39 bits per heavy atom. The molecule has 2 rings (SSSR count). The Morgan fingerprint density at radius 3 is 2.61 bits per heavy atom. The van der Waals surface area contributed by atoms with Gasteiger partial charge in [0.2, 0.25) is 0 Å². The van der Waals surface area contributed by atoms with Crippen molar-refractivity contribution in [1.29, 1.82) is 0 Å². The maximum Gasteiger partial charge on any atom is 0.142 e. The lowest BCUT2D eigenvalue weighted by Gasteiger charge is -2.31. The quantitative estimate of drug-likeness (QED) is 0.921. The topological polar surface area (TPSA) is 15.3 Å². The third-order valence-electron chi connectivity index (χ3n) is 3.39. The second-order valence-corrected chi connectivity index (χ2v) is 4.99. The standard InChI is InChI=1S/C13H18ClFN2.ClH/c1-16-11-4-6-17(7-5-11)9-10-2-3-12(14)13(15)8-10;/h2-3,8,11,16H,4-7,9H2,1H3;1H. The Kier molecular flexibility index (Phi) is 6.36. The Morgan fingerprint density at radius 2 is 2.06 bits per heavy atom. The van der Waals surface area contributed by atoms with Crippen LogP contribution in [0.3, 0.4) is 0 Å². The van der Waals surface area contributed by atoms with Crippen molar-refractivity contribution in [3.63, 3.8) is 0 Å². The highest BCUT2D eigenvalue weighted by molar-refractivity contribution is 6.30. The maximum atomic E-state index is 13.3. The van der Waals surface area contributed by atoms with Crippen LogP contribution < -0.4 is 5.32 Å². The molecular formula is C13H19Cl2FN2. The van der Waals surface area contributed by atoms with Crippen molar-refractivity contribution in [2.75, 3.05) is 20.1 Å². The van der Waals surface area contributed by atoms with E-state index in [1.54, 1.807) is 6.07 Å². The molecule has 1 aliphatic heterocycles. The average molecular weight is 293 g/mol. The highest BCUT2D eigenvalue weighted by atomic mass is 35.5. The molecule has 1 aromatic carbocycles. The van der Waals surface area contributed by atoms with E-state index in [1.165, 1.54) is 6.07 Å². The summed E-state index contributed by atoms with van der Waals surface area (Å²) < 4.78 is 13.3. The number of hydrogen-bond donors (Lipinski definition) is 1. The molecule has 1 fully saturated rings. The first kappa shape index (κ1) is 15.7. The lowest BCUT2D eigenvalue weighted by atomic mass is 10.0. The normalized spacial score (nSPS) is 17.5. The molecule has 0 radical (unpaired) electrons. The summed E-state index contributed by atoms with van der Waals surface area (Å²) in [6.45, 7) is 2.94. The smallest absolute Gasteiger partial charge is 0.142 e. The van der Waals surface area contributed by atoms with E-state index in [-0.39, 0.29) is 23.2 Å². The number of nitrogens with one attached hydrogen (secondary N) is 1. The fourth-order valence-corrected chi connectivity index (χ4v) is 2.39. The number of halogens is 3. The average Bonchev–Trinajstić information content (AvgIpc) is 2.35. The van der Waals surface area contributed by atoms with E-state index in [1.807, 2.05) is 13.1 Å². The predicted molar refractivity (Wildman–Crippen MR) is 76.0 cm³/mol. The second kappa shape index (κ2) is 7.29. The van der Waals surface area contributed by atoms with Crippen LogP contribution in [0.25, 0.3) is 0 Å². The zero-order valence-electron chi connectivity index (χ0n) is 10.5. The van der Waals surface area contributed by atoms with E-state index in [0.717, 1.165) is 38.0 Å². The molecule has 102 valence electrons. The summed E-state index contributed by atoms with van der Waals surface area (Å²) in [6.07, 6.45) is 2.32. The van der Waals surface area contributed by atoms with E-state index < -0.39 is 0 Å². The van der Waals surface area contributed by atoms with Gasteiger partial charge in [-0.25, -0.2) is 4.39 Å². The third-order valence-corrected chi connectivity index (χ3v) is 3.69. The second-order valence-electron chi connectivity index (χ2n) is 4.59. The SMILES string of the molecule is CNC1CCN(Cc2ccc(Cl)c(F)c2)CC1.Cl. The van der Waals surface area contributed by atoms with Gasteiger partial charge >= 0.3 is 0 Å². The molecule has 5 heteroatoms. The van der Waals surface area contributed by atoms with Crippen LogP contribution in [0.2, 0.25) is 5.02 Å². The van der Waals surface area contributed by atoms with E-state index >= 15 is 0 Å². The van der Waals surface area contributed by atoms with Gasteiger partial charge in [0.1, 0.15) is 5.82 Å². The van der Waals surface area contributed by atoms with Crippen molar-refractivity contribution in [2.24, 2.45) is 0 Å². The fourth-order valence-electron chi connectivity index (χ4n) is 2.28. The number of benzene rings is 1. The van der Waals surface area contributed by atoms with Gasteiger partial charge in [-0.2, -0.15) is 0 Å². The first-order valence-corrected chi connectivity index (χ1v) is 6.40. The summed E-state index contributed by atoms with van der Waals surface area (Å²) in [4.78, 5) is 2.36. The first-order valence-electron chi connectivity index (χ1n) is 6.02. The largest absolute Gasteiger partial charge is 0.317 e. The van der Waals surface area contributed by atoms with Crippen molar-refractivity contribution < 1.29 is 4.39 Å². The number of rotatable bonds is 3. The molecule has 0 aromatic heterocycles. The molecule has 0 bridgehead atoms. The van der Waals surface area contributed by atoms with Gasteiger partial charge in [-0.15, -0.1) is 12.4 Å². The lowest BCUT2D eigenvalue weighted by Crippen LogP contribution is -2.40. The Hall–Kier alpha value is -0.350. The van der Waals surface area contributed by atoms with Gasteiger partial charge in [-0.05, 0) is 50.7 Å². The van der Waals surface area contributed by atoms with Gasteiger partial charge in [0.05, 0.1) is 5.02 Å². The van der Waals surface area contributed by atoms with Gasteiger partial charge < -0.3 is 5.32 Å². The highest BCUT2D eigenvalue weighted by Gasteiger charge is 2.17. The minimum Gasteiger partial charge on any atom is -0.317 e. The highest BCUT2D eigenvalue weighted by Crippen LogP contribution is 2.18. The predicted octanol–water partition coefficient (Wildman–Crippen LogP) is 3.08. The van der Waals surface area contributed by atoms with Crippen LogP contribution in [-0.2, 0) is 6.54 Å². The molecule has 1 heterocycles. The number of nitrogens with zero attached hydrogens (tertiary/aromatic N) is 1. The van der Waals surface area contributed by atoms with Crippen molar-refractivity contribution in [3.8, 4) is 0 Å². The minimum atomic E-state index is -0.325. The van der Waals surface area contributed by atoms with Crippen LogP contribution in [0.15, 0.2) is 18.2 Å². The van der Waals surface area contributed by atoms with Crippen LogP contribution in [0.4, 0.5) is 4.39 Å². The number of likely N-dealkylation sites (tertiary alicyclic amines) is 1. The molecule has 0 saturated carbocycles. The molecule has 0 atom stereocenters. The van der Waals surface area contributed by atoms with E-state index in [4.69, 9.17) is 11.6 Å². The van der Waals surface area contributed by atoms with Gasteiger partial charge in [0.25, 0.3) is 0 Å². The summed E-state index contributed by atoms with van der Waals surface area (Å²) in [5.41, 5.74) is 0.995. The Bertz CT molecular complexity index is 379. The van der Waals surface area contributed by atoms with Crippen molar-refractivity contribution in [3.05, 3.63) is 34.6 Å². The van der Waals surface area contributed by atoms with E-state index in [2.05, 4.69) is 10.2 Å². The fraction of sp³-hybridized carbons (Fsp3) is 0.538. The van der Waals surface area contributed by atoms with Crippen LogP contribution in [0.1, 0.15) is 18.4 Å². The molecule has 0 aliphatic carbocycles. The molecule has 0 amide bonds. The summed E-state index contributed by atoms with van der Waals surface area (Å²) in [5, 5.41) is 3.50. The monoisotopic (exact) mass is 292 g/mol. The number of piperidine rings is 1. The van der Waals surface area contributed by atoms with Crippen LogP contribution in [0.5, 0.6) is 0 Å². The van der Waals surface area contributed by atoms with Crippen molar-refractivity contribution >= 4 is 24.0 Å². The summed E-state index contributed by atoms with van der Waals surface area (Å²) in [7, 11) is 2.01. The van der Waals surface area contributed by atoms with E-state index in [9.17, 15) is 4.39 Å². The molecular weight excluding hydrogens is 274 g/mol. The molecule has 1 saturated heterocycles. The van der Waals surface area contributed by atoms with Crippen LogP contribution >= 0.6 is 24.0 Å². The molecule has 0 spiro atoms. The van der Waals surface area contributed by atoms with Crippen LogP contribution in [0, 0.1) is 5.82 Å². The van der Waals surface area contributed by atoms with Crippen molar-refractivity contribution in [1.82, 2.24) is 10.2 Å². The third kappa shape index (κ3) is 4.09. The zero-order valence-corrected chi connectivity index (χ0v) is 12.0. The zero-order chi connectivity index (χ0) is 12.3. The van der Waals surface area contributed by atoms with Gasteiger partial charge in [-0.3, -0.25) is 4.90 Å². The number of hydrogen-bond acceptors (Lipinski definition) is 2. The van der Waals surface area contributed by atoms with Gasteiger partial charge in [0, 0.05) is 12.6 Å². The van der Waals surface area contributed by atoms with Crippen molar-refractivity contribution in [2.45, 2.75) is 25.4 Å².